The van der Waals surface area contributed by atoms with Crippen LogP contribution in [0.25, 0.3) is 10.9 Å². The second-order valence-electron chi connectivity index (χ2n) is 10.1. The highest BCUT2D eigenvalue weighted by Gasteiger charge is 2.37. The molecule has 2 fully saturated rings. The van der Waals surface area contributed by atoms with Gasteiger partial charge in [0.05, 0.1) is 5.56 Å². The first-order valence-electron chi connectivity index (χ1n) is 12.4. The molecule has 0 aliphatic carbocycles. The number of halogens is 3. The lowest BCUT2D eigenvalue weighted by molar-refractivity contribution is -0.143. The number of likely N-dealkylation sites (tertiary alicyclic amines) is 1. The van der Waals surface area contributed by atoms with Crippen LogP contribution in [0.3, 0.4) is 0 Å². The highest BCUT2D eigenvalue weighted by molar-refractivity contribution is 5.97. The lowest BCUT2D eigenvalue weighted by Crippen LogP contribution is -2.54. The highest BCUT2D eigenvalue weighted by atomic mass is 19.4. The molecule has 0 saturated carbocycles. The zero-order chi connectivity index (χ0) is 26.3. The second-order valence-corrected chi connectivity index (χ2v) is 10.1. The summed E-state index contributed by atoms with van der Waals surface area (Å²) in [5, 5.41) is 1.04. The smallest absolute Gasteiger partial charge is 0.366 e. The minimum Gasteiger partial charge on any atom is -0.366 e. The summed E-state index contributed by atoms with van der Waals surface area (Å²) in [6.45, 7) is 5.31. The number of piperidine rings is 1. The Morgan fingerprint density at radius 2 is 1.78 bits per heavy atom. The van der Waals surface area contributed by atoms with Crippen molar-refractivity contribution < 1.29 is 22.8 Å². The number of hydrogen-bond acceptors (Lipinski definition) is 5. The van der Waals surface area contributed by atoms with Gasteiger partial charge >= 0.3 is 6.18 Å². The molecule has 2 N–H and O–H groups in total. The number of nitrogens with zero attached hydrogens (tertiary/aromatic N) is 5. The first-order valence-corrected chi connectivity index (χ1v) is 12.4. The van der Waals surface area contributed by atoms with Crippen molar-refractivity contribution in [3.05, 3.63) is 54.0 Å². The molecule has 2 saturated heterocycles. The number of carbonyl (C=O) groups is 2. The van der Waals surface area contributed by atoms with Crippen molar-refractivity contribution in [2.75, 3.05) is 31.1 Å². The minimum absolute atomic E-state index is 0.123. The molecule has 3 aromatic rings. The molecule has 2 amide bonds. The number of hydrogen-bond donors (Lipinski definition) is 1. The van der Waals surface area contributed by atoms with Gasteiger partial charge in [0.25, 0.3) is 0 Å². The van der Waals surface area contributed by atoms with E-state index in [1.807, 2.05) is 41.1 Å². The van der Waals surface area contributed by atoms with Gasteiger partial charge in [-0.15, -0.1) is 0 Å². The zero-order valence-corrected chi connectivity index (χ0v) is 20.5. The number of amides is 2. The van der Waals surface area contributed by atoms with E-state index in [0.717, 1.165) is 42.7 Å². The van der Waals surface area contributed by atoms with Crippen molar-refractivity contribution in [1.29, 1.82) is 0 Å². The molecular formula is C26H29F3N6O2. The van der Waals surface area contributed by atoms with Gasteiger partial charge in [-0.05, 0) is 42.3 Å². The molecule has 0 spiro atoms. The zero-order valence-electron chi connectivity index (χ0n) is 20.5. The molecule has 2 aliphatic rings. The van der Waals surface area contributed by atoms with Crippen molar-refractivity contribution in [1.82, 2.24) is 19.4 Å². The van der Waals surface area contributed by atoms with E-state index in [0.29, 0.717) is 37.7 Å². The van der Waals surface area contributed by atoms with Crippen LogP contribution in [-0.4, -0.2) is 57.4 Å². The lowest BCUT2D eigenvalue weighted by Gasteiger charge is -2.43. The van der Waals surface area contributed by atoms with Gasteiger partial charge in [-0.3, -0.25) is 9.59 Å². The van der Waals surface area contributed by atoms with Gasteiger partial charge in [0, 0.05) is 74.2 Å². The number of aromatic nitrogens is 3. The summed E-state index contributed by atoms with van der Waals surface area (Å²) < 4.78 is 40.4. The molecule has 1 unspecified atom stereocenters. The first kappa shape index (κ1) is 25.0. The van der Waals surface area contributed by atoms with E-state index in [4.69, 9.17) is 5.73 Å². The third-order valence-corrected chi connectivity index (χ3v) is 7.67. The van der Waals surface area contributed by atoms with Crippen LogP contribution < -0.4 is 10.6 Å². The number of rotatable bonds is 6. The topological polar surface area (TPSA) is 97.4 Å². The van der Waals surface area contributed by atoms with E-state index in [-0.39, 0.29) is 23.7 Å². The molecule has 4 heterocycles. The van der Waals surface area contributed by atoms with Crippen LogP contribution in [0.2, 0.25) is 0 Å². The minimum atomic E-state index is -4.46. The van der Waals surface area contributed by atoms with Crippen molar-refractivity contribution >= 4 is 28.7 Å². The average Bonchev–Trinajstić information content (AvgIpc) is 3.26. The largest absolute Gasteiger partial charge is 0.419 e. The average molecular weight is 515 g/mol. The van der Waals surface area contributed by atoms with E-state index in [1.54, 1.807) is 6.07 Å². The van der Waals surface area contributed by atoms with Crippen molar-refractivity contribution in [3.63, 3.8) is 0 Å². The molecule has 11 heteroatoms. The molecule has 2 aromatic heterocycles. The Hall–Kier alpha value is -3.63. The molecule has 8 nitrogen and oxygen atoms in total. The summed E-state index contributed by atoms with van der Waals surface area (Å²) in [5.41, 5.74) is 5.99. The third-order valence-electron chi connectivity index (χ3n) is 7.67. The van der Waals surface area contributed by atoms with Crippen LogP contribution in [0.4, 0.5) is 19.1 Å². The normalized spacial score (nSPS) is 18.2. The molecule has 1 aromatic carbocycles. The molecule has 0 radical (unpaired) electrons. The standard InChI is InChI=1S/C26H29F3N6O2/c1-16(18-4-7-33(8-5-18)25-31-11-21(12-32-25)26(27,28)29)24(37)35-14-17(15-35)13-34-9-6-19-2-3-20(23(30)36)10-22(19)34/h2-3,6,9-12,16-18H,4-5,7-8,13-15H2,1H3,(H2,30,36). The first-order chi connectivity index (χ1) is 17.6. The summed E-state index contributed by atoms with van der Waals surface area (Å²) in [7, 11) is 0. The van der Waals surface area contributed by atoms with Crippen LogP contribution in [0.15, 0.2) is 42.9 Å². The van der Waals surface area contributed by atoms with Gasteiger partial charge in [0.15, 0.2) is 0 Å². The maximum absolute atomic E-state index is 13.1. The molecule has 1 atom stereocenters. The highest BCUT2D eigenvalue weighted by Crippen LogP contribution is 2.32. The summed E-state index contributed by atoms with van der Waals surface area (Å²) in [4.78, 5) is 36.2. The molecule has 37 heavy (non-hydrogen) atoms. The lowest BCUT2D eigenvalue weighted by atomic mass is 9.83. The van der Waals surface area contributed by atoms with Crippen LogP contribution in [-0.2, 0) is 17.5 Å². The predicted molar refractivity (Wildman–Crippen MR) is 132 cm³/mol. The Balaban J connectivity index is 1.11. The predicted octanol–water partition coefficient (Wildman–Crippen LogP) is 3.56. The van der Waals surface area contributed by atoms with Crippen LogP contribution in [0.5, 0.6) is 0 Å². The maximum Gasteiger partial charge on any atom is 0.419 e. The van der Waals surface area contributed by atoms with Gasteiger partial charge in [-0.1, -0.05) is 13.0 Å². The Bertz CT molecular complexity index is 1290. The number of fused-ring (bicyclic) bond motifs is 1. The summed E-state index contributed by atoms with van der Waals surface area (Å²) >= 11 is 0. The molecule has 196 valence electrons. The van der Waals surface area contributed by atoms with Gasteiger partial charge < -0.3 is 20.1 Å². The van der Waals surface area contributed by atoms with E-state index in [1.165, 1.54) is 0 Å². The quantitative estimate of drug-likeness (QED) is 0.543. The van der Waals surface area contributed by atoms with Crippen LogP contribution in [0.1, 0.15) is 35.7 Å². The summed E-state index contributed by atoms with van der Waals surface area (Å²) in [5.74, 6) is 0.398. The second kappa shape index (κ2) is 9.68. The van der Waals surface area contributed by atoms with Crippen molar-refractivity contribution in [2.24, 2.45) is 23.5 Å². The van der Waals surface area contributed by atoms with Gasteiger partial charge in [-0.25, -0.2) is 9.97 Å². The van der Waals surface area contributed by atoms with Crippen LogP contribution in [0, 0.1) is 17.8 Å². The number of primary amides is 1. The third kappa shape index (κ3) is 5.12. The fourth-order valence-electron chi connectivity index (χ4n) is 5.36. The van der Waals surface area contributed by atoms with E-state index in [2.05, 4.69) is 14.5 Å². The number of carbonyl (C=O) groups excluding carboxylic acids is 2. The molecule has 2 aliphatic heterocycles. The van der Waals surface area contributed by atoms with Gasteiger partial charge in [-0.2, -0.15) is 13.2 Å². The van der Waals surface area contributed by atoms with Crippen molar-refractivity contribution in [3.8, 4) is 0 Å². The maximum atomic E-state index is 13.1. The summed E-state index contributed by atoms with van der Waals surface area (Å²) in [6, 6.07) is 7.43. The van der Waals surface area contributed by atoms with Crippen LogP contribution >= 0.6 is 0 Å². The monoisotopic (exact) mass is 514 g/mol. The fourth-order valence-corrected chi connectivity index (χ4v) is 5.36. The molecule has 5 rings (SSSR count). The summed E-state index contributed by atoms with van der Waals surface area (Å²) in [6.07, 6.45) is 0.679. The Labute approximate surface area is 212 Å². The van der Waals surface area contributed by atoms with E-state index >= 15 is 0 Å². The van der Waals surface area contributed by atoms with E-state index < -0.39 is 17.6 Å². The number of nitrogens with two attached hydrogens (primary N) is 1. The Morgan fingerprint density at radius 3 is 2.41 bits per heavy atom. The number of alkyl halides is 3. The SMILES string of the molecule is CC(C(=O)N1CC(Cn2ccc3ccc(C(N)=O)cc32)C1)C1CCN(c2ncc(C(F)(F)F)cn2)CC1. The van der Waals surface area contributed by atoms with Gasteiger partial charge in [0.2, 0.25) is 17.8 Å². The Kier molecular flexibility index (Phi) is 6.55. The fraction of sp³-hybridized carbons (Fsp3) is 0.462. The Morgan fingerprint density at radius 1 is 1.11 bits per heavy atom. The van der Waals surface area contributed by atoms with Crippen molar-refractivity contribution in [2.45, 2.75) is 32.5 Å². The molecular weight excluding hydrogens is 485 g/mol. The van der Waals surface area contributed by atoms with Gasteiger partial charge in [0.1, 0.15) is 0 Å². The van der Waals surface area contributed by atoms with E-state index in [9.17, 15) is 22.8 Å². The number of anilines is 1. The molecule has 0 bridgehead atoms. The number of benzene rings is 1.